The number of hydrogen-bond donors (Lipinski definition) is 1. The Balaban J connectivity index is 1.88. The first-order chi connectivity index (χ1) is 12.2. The highest BCUT2D eigenvalue weighted by molar-refractivity contribution is 7.91. The Morgan fingerprint density at radius 1 is 1.12 bits per heavy atom. The number of aryl methyl sites for hydroxylation is 2. The van der Waals surface area contributed by atoms with E-state index < -0.39 is 26.4 Å². The van der Waals surface area contributed by atoms with E-state index in [0.29, 0.717) is 0 Å². The average molecular weight is 383 g/mol. The van der Waals surface area contributed by atoms with Crippen molar-refractivity contribution in [3.05, 3.63) is 59.2 Å². The third-order valence-electron chi connectivity index (χ3n) is 3.66. The van der Waals surface area contributed by atoms with Crippen LogP contribution in [-0.4, -0.2) is 33.2 Å². The fourth-order valence-corrected chi connectivity index (χ4v) is 3.01. The van der Waals surface area contributed by atoms with Crippen LogP contribution in [0.25, 0.3) is 0 Å². The lowest BCUT2D eigenvalue weighted by Gasteiger charge is -2.11. The van der Waals surface area contributed by atoms with E-state index in [4.69, 9.17) is 4.74 Å². The molecule has 2 aromatic rings. The van der Waals surface area contributed by atoms with E-state index in [1.165, 1.54) is 12.1 Å². The number of nitrogens with one attached hydrogen (secondary N) is 1. The molecule has 2 rings (SSSR count). The molecule has 0 atom stereocenters. The van der Waals surface area contributed by atoms with Gasteiger partial charge in [0.2, 0.25) is 9.84 Å². The summed E-state index contributed by atoms with van der Waals surface area (Å²) in [5.74, 6) is -3.22. The number of alkyl halides is 2. The fourth-order valence-electron chi connectivity index (χ4n) is 2.29. The van der Waals surface area contributed by atoms with Crippen molar-refractivity contribution in [1.82, 2.24) is 5.32 Å². The lowest BCUT2D eigenvalue weighted by Crippen LogP contribution is -2.28. The number of hydrogen-bond acceptors (Lipinski definition) is 4. The predicted octanol–water partition coefficient (Wildman–Crippen LogP) is 3.11. The quantitative estimate of drug-likeness (QED) is 0.746. The molecule has 26 heavy (non-hydrogen) atoms. The zero-order chi connectivity index (χ0) is 19.3. The van der Waals surface area contributed by atoms with E-state index in [9.17, 15) is 22.0 Å². The van der Waals surface area contributed by atoms with Crippen LogP contribution in [0.4, 0.5) is 8.78 Å². The van der Waals surface area contributed by atoms with Gasteiger partial charge in [-0.25, -0.2) is 8.42 Å². The number of carbonyl (C=O) groups excluding carboxylic acids is 1. The molecule has 0 saturated carbocycles. The minimum Gasteiger partial charge on any atom is -0.491 e. The summed E-state index contributed by atoms with van der Waals surface area (Å²) in [6.07, 6.45) is 0. The van der Waals surface area contributed by atoms with Crippen molar-refractivity contribution >= 4 is 15.7 Å². The Bertz CT molecular complexity index is 881. The van der Waals surface area contributed by atoms with Crippen LogP contribution in [0.3, 0.4) is 0 Å². The van der Waals surface area contributed by atoms with Crippen LogP contribution in [0.5, 0.6) is 5.75 Å². The Labute approximate surface area is 150 Å². The second kappa shape index (κ2) is 8.27. The molecular weight excluding hydrogens is 364 g/mol. The summed E-state index contributed by atoms with van der Waals surface area (Å²) in [6, 6.07) is 10.1. The summed E-state index contributed by atoms with van der Waals surface area (Å²) in [4.78, 5) is 11.5. The van der Waals surface area contributed by atoms with E-state index in [2.05, 4.69) is 5.32 Å². The van der Waals surface area contributed by atoms with Gasteiger partial charge in [-0.1, -0.05) is 17.7 Å². The van der Waals surface area contributed by atoms with Crippen molar-refractivity contribution in [2.24, 2.45) is 0 Å². The van der Waals surface area contributed by atoms with E-state index in [1.54, 1.807) is 0 Å². The van der Waals surface area contributed by atoms with Gasteiger partial charge in [0, 0.05) is 5.56 Å². The average Bonchev–Trinajstić information content (AvgIpc) is 2.60. The van der Waals surface area contributed by atoms with Gasteiger partial charge in [-0.3, -0.25) is 4.79 Å². The molecule has 0 bridgehead atoms. The first kappa shape index (κ1) is 19.8. The molecule has 0 aliphatic rings. The SMILES string of the molecule is Cc1ccc(OCCNC(=O)c2ccc(S(=O)(=O)C(F)F)cc2)c(C)c1. The highest BCUT2D eigenvalue weighted by Gasteiger charge is 2.26. The maximum Gasteiger partial charge on any atom is 0.341 e. The molecule has 0 radical (unpaired) electrons. The summed E-state index contributed by atoms with van der Waals surface area (Å²) in [7, 11) is -4.66. The van der Waals surface area contributed by atoms with Crippen LogP contribution < -0.4 is 10.1 Å². The van der Waals surface area contributed by atoms with Gasteiger partial charge < -0.3 is 10.1 Å². The zero-order valence-corrected chi connectivity index (χ0v) is 15.1. The molecule has 0 aromatic heterocycles. The maximum atomic E-state index is 12.5. The van der Waals surface area contributed by atoms with E-state index in [1.807, 2.05) is 32.0 Å². The van der Waals surface area contributed by atoms with Gasteiger partial charge in [0.1, 0.15) is 12.4 Å². The molecular formula is C18H19F2NO4S. The molecule has 1 amide bonds. The van der Waals surface area contributed by atoms with Gasteiger partial charge in [0.05, 0.1) is 11.4 Å². The van der Waals surface area contributed by atoms with E-state index in [0.717, 1.165) is 29.0 Å². The third kappa shape index (κ3) is 4.78. The summed E-state index contributed by atoms with van der Waals surface area (Å²) >= 11 is 0. The van der Waals surface area contributed by atoms with Gasteiger partial charge in [-0.15, -0.1) is 0 Å². The Kier molecular flexibility index (Phi) is 6.31. The monoisotopic (exact) mass is 383 g/mol. The predicted molar refractivity (Wildman–Crippen MR) is 93.4 cm³/mol. The first-order valence-corrected chi connectivity index (χ1v) is 9.37. The molecule has 5 nitrogen and oxygen atoms in total. The molecule has 2 aromatic carbocycles. The second-order valence-electron chi connectivity index (χ2n) is 5.70. The van der Waals surface area contributed by atoms with Crippen LogP contribution in [0.1, 0.15) is 21.5 Å². The van der Waals surface area contributed by atoms with E-state index >= 15 is 0 Å². The van der Waals surface area contributed by atoms with Crippen LogP contribution in [0.15, 0.2) is 47.4 Å². The summed E-state index contributed by atoms with van der Waals surface area (Å²) < 4.78 is 53.2. The number of amides is 1. The number of rotatable bonds is 7. The summed E-state index contributed by atoms with van der Waals surface area (Å²) in [6.45, 7) is 4.40. The number of benzene rings is 2. The third-order valence-corrected chi connectivity index (χ3v) is 5.05. The smallest absolute Gasteiger partial charge is 0.341 e. The molecule has 0 spiro atoms. The minimum atomic E-state index is -4.66. The molecule has 0 aliphatic carbocycles. The number of ether oxygens (including phenoxy) is 1. The molecule has 8 heteroatoms. The topological polar surface area (TPSA) is 72.5 Å². The van der Waals surface area contributed by atoms with Crippen LogP contribution in [-0.2, 0) is 9.84 Å². The van der Waals surface area contributed by atoms with Crippen molar-refractivity contribution in [2.75, 3.05) is 13.2 Å². The highest BCUT2D eigenvalue weighted by atomic mass is 32.2. The summed E-state index contributed by atoms with van der Waals surface area (Å²) in [5, 5.41) is 2.62. The largest absolute Gasteiger partial charge is 0.491 e. The maximum absolute atomic E-state index is 12.5. The van der Waals surface area contributed by atoms with Crippen molar-refractivity contribution in [3.63, 3.8) is 0 Å². The van der Waals surface area contributed by atoms with Gasteiger partial charge in [-0.05, 0) is 49.7 Å². The lowest BCUT2D eigenvalue weighted by atomic mass is 10.1. The van der Waals surface area contributed by atoms with Crippen LogP contribution >= 0.6 is 0 Å². The normalized spacial score (nSPS) is 11.4. The van der Waals surface area contributed by atoms with Gasteiger partial charge in [0.15, 0.2) is 0 Å². The summed E-state index contributed by atoms with van der Waals surface area (Å²) in [5.41, 5.74) is 2.29. The number of halogens is 2. The standard InChI is InChI=1S/C18H19F2NO4S/c1-12-3-8-16(13(2)11-12)25-10-9-21-17(22)14-4-6-15(7-5-14)26(23,24)18(19)20/h3-8,11,18H,9-10H2,1-2H3,(H,21,22). The Morgan fingerprint density at radius 3 is 2.35 bits per heavy atom. The van der Waals surface area contributed by atoms with Gasteiger partial charge >= 0.3 is 5.76 Å². The number of sulfone groups is 1. The van der Waals surface area contributed by atoms with Crippen molar-refractivity contribution in [3.8, 4) is 5.75 Å². The molecule has 140 valence electrons. The van der Waals surface area contributed by atoms with Crippen LogP contribution in [0.2, 0.25) is 0 Å². The first-order valence-electron chi connectivity index (χ1n) is 7.82. The molecule has 0 aliphatic heterocycles. The van der Waals surface area contributed by atoms with Crippen molar-refractivity contribution < 1.29 is 26.7 Å². The molecule has 0 fully saturated rings. The number of carbonyl (C=O) groups is 1. The minimum absolute atomic E-state index is 0.171. The molecule has 0 saturated heterocycles. The fraction of sp³-hybridized carbons (Fsp3) is 0.278. The van der Waals surface area contributed by atoms with Crippen LogP contribution in [0, 0.1) is 13.8 Å². The van der Waals surface area contributed by atoms with Crippen molar-refractivity contribution in [1.29, 1.82) is 0 Å². The Hall–Kier alpha value is -2.48. The second-order valence-corrected chi connectivity index (χ2v) is 7.62. The molecule has 0 unspecified atom stereocenters. The van der Waals surface area contributed by atoms with Gasteiger partial charge in [0.25, 0.3) is 5.91 Å². The Morgan fingerprint density at radius 2 is 1.77 bits per heavy atom. The highest BCUT2D eigenvalue weighted by Crippen LogP contribution is 2.19. The van der Waals surface area contributed by atoms with E-state index in [-0.39, 0.29) is 18.7 Å². The molecule has 0 heterocycles. The molecule has 1 N–H and O–H groups in total. The van der Waals surface area contributed by atoms with Crippen molar-refractivity contribution in [2.45, 2.75) is 24.5 Å². The van der Waals surface area contributed by atoms with Gasteiger partial charge in [-0.2, -0.15) is 8.78 Å². The zero-order valence-electron chi connectivity index (χ0n) is 14.3. The lowest BCUT2D eigenvalue weighted by molar-refractivity contribution is 0.0947.